The Balaban J connectivity index is 1.94. The molecular weight excluding hydrogens is 264 g/mol. The fourth-order valence-corrected chi connectivity index (χ4v) is 2.86. The Kier molecular flexibility index (Phi) is 3.28. The minimum absolute atomic E-state index is 0.261. The van der Waals surface area contributed by atoms with Crippen LogP contribution in [-0.2, 0) is 0 Å². The van der Waals surface area contributed by atoms with Crippen LogP contribution in [0.1, 0.15) is 13.8 Å². The maximum absolute atomic E-state index is 5.99. The van der Waals surface area contributed by atoms with E-state index in [0.29, 0.717) is 11.7 Å². The van der Waals surface area contributed by atoms with E-state index in [-0.39, 0.29) is 5.28 Å². The Labute approximate surface area is 116 Å². The fraction of sp³-hybridized carbons (Fsp3) is 0.583. The van der Waals surface area contributed by atoms with Crippen LogP contribution in [0.5, 0.6) is 0 Å². The zero-order valence-corrected chi connectivity index (χ0v) is 11.9. The molecule has 1 atom stereocenters. The van der Waals surface area contributed by atoms with Crippen LogP contribution in [-0.4, -0.2) is 57.3 Å². The molecule has 1 unspecified atom stereocenters. The SMILES string of the molecule is CCN1CCN(c2nc(Cl)nc3[nH]ncc23)CC1C. The first-order valence-corrected chi connectivity index (χ1v) is 6.92. The molecule has 6 nitrogen and oxygen atoms in total. The molecule has 2 aromatic heterocycles. The van der Waals surface area contributed by atoms with Gasteiger partial charge in [-0.2, -0.15) is 15.1 Å². The van der Waals surface area contributed by atoms with Crippen LogP contribution >= 0.6 is 11.6 Å². The topological polar surface area (TPSA) is 60.9 Å². The number of likely N-dealkylation sites (N-methyl/N-ethyl adjacent to an activating group) is 1. The third-order valence-electron chi connectivity index (χ3n) is 3.73. The number of anilines is 1. The smallest absolute Gasteiger partial charge is 0.226 e. The maximum Gasteiger partial charge on any atom is 0.226 e. The van der Waals surface area contributed by atoms with Crippen LogP contribution in [0, 0.1) is 0 Å². The Hall–Kier alpha value is -1.40. The standard InChI is InChI=1S/C12H17ClN6/c1-3-18-4-5-19(7-8(18)2)11-9-6-14-17-10(9)15-12(13)16-11/h6,8H,3-5,7H2,1-2H3,(H,14,15,16,17). The summed E-state index contributed by atoms with van der Waals surface area (Å²) in [7, 11) is 0. The zero-order valence-electron chi connectivity index (χ0n) is 11.1. The summed E-state index contributed by atoms with van der Waals surface area (Å²) in [6.45, 7) is 8.46. The van der Waals surface area contributed by atoms with Crippen LogP contribution < -0.4 is 4.90 Å². The molecule has 0 bridgehead atoms. The van der Waals surface area contributed by atoms with Crippen molar-refractivity contribution < 1.29 is 0 Å². The largest absolute Gasteiger partial charge is 0.353 e. The van der Waals surface area contributed by atoms with Crippen molar-refractivity contribution in [2.45, 2.75) is 19.9 Å². The number of aromatic nitrogens is 4. The Morgan fingerprint density at radius 1 is 1.42 bits per heavy atom. The van der Waals surface area contributed by atoms with E-state index in [1.54, 1.807) is 6.20 Å². The van der Waals surface area contributed by atoms with E-state index in [4.69, 9.17) is 11.6 Å². The van der Waals surface area contributed by atoms with Crippen molar-refractivity contribution in [1.29, 1.82) is 0 Å². The number of halogens is 1. The molecule has 3 heterocycles. The van der Waals surface area contributed by atoms with Gasteiger partial charge in [0.1, 0.15) is 5.82 Å². The molecule has 1 N–H and O–H groups in total. The average Bonchev–Trinajstić information content (AvgIpc) is 2.85. The lowest BCUT2D eigenvalue weighted by Gasteiger charge is -2.40. The molecule has 0 saturated carbocycles. The third kappa shape index (κ3) is 2.26. The number of aromatic amines is 1. The van der Waals surface area contributed by atoms with E-state index in [1.807, 2.05) is 0 Å². The predicted octanol–water partition coefficient (Wildman–Crippen LogP) is 1.54. The van der Waals surface area contributed by atoms with Gasteiger partial charge in [0.05, 0.1) is 11.6 Å². The van der Waals surface area contributed by atoms with Gasteiger partial charge in [-0.25, -0.2) is 0 Å². The van der Waals surface area contributed by atoms with Gasteiger partial charge in [-0.05, 0) is 25.1 Å². The molecule has 102 valence electrons. The highest BCUT2D eigenvalue weighted by atomic mass is 35.5. The van der Waals surface area contributed by atoms with E-state index < -0.39 is 0 Å². The Morgan fingerprint density at radius 3 is 3.00 bits per heavy atom. The Bertz CT molecular complexity index is 583. The summed E-state index contributed by atoms with van der Waals surface area (Å²) in [5.74, 6) is 0.881. The lowest BCUT2D eigenvalue weighted by Crippen LogP contribution is -2.52. The van der Waals surface area contributed by atoms with E-state index >= 15 is 0 Å². The van der Waals surface area contributed by atoms with Gasteiger partial charge in [-0.3, -0.25) is 10.00 Å². The number of rotatable bonds is 2. The van der Waals surface area contributed by atoms with Gasteiger partial charge in [0.25, 0.3) is 0 Å². The second-order valence-electron chi connectivity index (χ2n) is 4.87. The minimum atomic E-state index is 0.261. The highest BCUT2D eigenvalue weighted by Gasteiger charge is 2.25. The molecule has 0 spiro atoms. The summed E-state index contributed by atoms with van der Waals surface area (Å²) < 4.78 is 0. The van der Waals surface area contributed by atoms with Gasteiger partial charge < -0.3 is 4.90 Å². The highest BCUT2D eigenvalue weighted by Crippen LogP contribution is 2.25. The van der Waals surface area contributed by atoms with Crippen LogP contribution in [0.15, 0.2) is 6.20 Å². The summed E-state index contributed by atoms with van der Waals surface area (Å²) in [4.78, 5) is 13.3. The summed E-state index contributed by atoms with van der Waals surface area (Å²) in [5, 5.41) is 8.07. The second-order valence-corrected chi connectivity index (χ2v) is 5.21. The van der Waals surface area contributed by atoms with Gasteiger partial charge in [0.15, 0.2) is 5.65 Å². The number of piperazine rings is 1. The van der Waals surface area contributed by atoms with Gasteiger partial charge >= 0.3 is 0 Å². The number of fused-ring (bicyclic) bond motifs is 1. The number of nitrogens with one attached hydrogen (secondary N) is 1. The molecular formula is C12H17ClN6. The maximum atomic E-state index is 5.99. The van der Waals surface area contributed by atoms with Crippen molar-refractivity contribution in [3.05, 3.63) is 11.5 Å². The van der Waals surface area contributed by atoms with Crippen molar-refractivity contribution in [1.82, 2.24) is 25.1 Å². The third-order valence-corrected chi connectivity index (χ3v) is 3.90. The van der Waals surface area contributed by atoms with Gasteiger partial charge in [0, 0.05) is 25.7 Å². The first kappa shape index (κ1) is 12.6. The zero-order chi connectivity index (χ0) is 13.4. The van der Waals surface area contributed by atoms with E-state index in [0.717, 1.165) is 37.4 Å². The van der Waals surface area contributed by atoms with Gasteiger partial charge in [-0.1, -0.05) is 6.92 Å². The van der Waals surface area contributed by atoms with Gasteiger partial charge in [0.2, 0.25) is 5.28 Å². The summed E-state index contributed by atoms with van der Waals surface area (Å²) in [6.07, 6.45) is 1.76. The van der Waals surface area contributed by atoms with E-state index in [9.17, 15) is 0 Å². The lowest BCUT2D eigenvalue weighted by molar-refractivity contribution is 0.199. The molecule has 1 aliphatic rings. The summed E-state index contributed by atoms with van der Waals surface area (Å²) >= 11 is 5.99. The van der Waals surface area contributed by atoms with Crippen molar-refractivity contribution in [3.63, 3.8) is 0 Å². The lowest BCUT2D eigenvalue weighted by atomic mass is 10.2. The van der Waals surface area contributed by atoms with Crippen LogP contribution in [0.2, 0.25) is 5.28 Å². The van der Waals surface area contributed by atoms with Gasteiger partial charge in [-0.15, -0.1) is 0 Å². The quantitative estimate of drug-likeness (QED) is 0.846. The molecule has 0 aliphatic carbocycles. The van der Waals surface area contributed by atoms with Crippen molar-refractivity contribution >= 4 is 28.5 Å². The van der Waals surface area contributed by atoms with E-state index in [2.05, 4.69) is 43.8 Å². The minimum Gasteiger partial charge on any atom is -0.353 e. The molecule has 1 fully saturated rings. The number of hydrogen-bond acceptors (Lipinski definition) is 5. The van der Waals surface area contributed by atoms with Crippen molar-refractivity contribution in [2.75, 3.05) is 31.1 Å². The molecule has 1 saturated heterocycles. The fourth-order valence-electron chi connectivity index (χ4n) is 2.69. The number of hydrogen-bond donors (Lipinski definition) is 1. The first-order chi connectivity index (χ1) is 9.19. The van der Waals surface area contributed by atoms with Crippen LogP contribution in [0.4, 0.5) is 5.82 Å². The predicted molar refractivity (Wildman–Crippen MR) is 75.6 cm³/mol. The molecule has 0 amide bonds. The van der Waals surface area contributed by atoms with Crippen molar-refractivity contribution in [2.24, 2.45) is 0 Å². The van der Waals surface area contributed by atoms with Crippen molar-refractivity contribution in [3.8, 4) is 0 Å². The highest BCUT2D eigenvalue weighted by molar-refractivity contribution is 6.28. The molecule has 2 aromatic rings. The molecule has 19 heavy (non-hydrogen) atoms. The first-order valence-electron chi connectivity index (χ1n) is 6.54. The number of nitrogens with zero attached hydrogens (tertiary/aromatic N) is 5. The monoisotopic (exact) mass is 280 g/mol. The van der Waals surface area contributed by atoms with Crippen LogP contribution in [0.25, 0.3) is 11.0 Å². The summed E-state index contributed by atoms with van der Waals surface area (Å²) in [6, 6.07) is 0.509. The molecule has 1 aliphatic heterocycles. The summed E-state index contributed by atoms with van der Waals surface area (Å²) in [5.41, 5.74) is 0.695. The number of H-pyrrole nitrogens is 1. The van der Waals surface area contributed by atoms with Crippen LogP contribution in [0.3, 0.4) is 0 Å². The van der Waals surface area contributed by atoms with E-state index in [1.165, 1.54) is 0 Å². The second kappa shape index (κ2) is 4.94. The normalized spacial score (nSPS) is 21.2. The molecule has 3 rings (SSSR count). The molecule has 7 heteroatoms. The molecule has 0 radical (unpaired) electrons. The average molecular weight is 281 g/mol. The Morgan fingerprint density at radius 2 is 2.26 bits per heavy atom. The molecule has 0 aromatic carbocycles.